The predicted molar refractivity (Wildman–Crippen MR) is 118 cm³/mol. The second-order valence-corrected chi connectivity index (χ2v) is 7.81. The molecule has 3 aromatic rings. The van der Waals surface area contributed by atoms with Crippen LogP contribution >= 0.6 is 0 Å². The van der Waals surface area contributed by atoms with E-state index in [0.717, 1.165) is 49.4 Å². The van der Waals surface area contributed by atoms with Crippen LogP contribution in [-0.4, -0.2) is 29.4 Å². The summed E-state index contributed by atoms with van der Waals surface area (Å²) in [6.45, 7) is 0.820. The first-order chi connectivity index (χ1) is 14.7. The van der Waals surface area contributed by atoms with Gasteiger partial charge in [-0.2, -0.15) is 0 Å². The maximum Gasteiger partial charge on any atom is 0.223 e. The molecule has 1 aliphatic heterocycles. The SMILES string of the molecule is COc1cccc(Cc2cccc([C@H]3CCCN3C(=O)CCc3ccccc3)n2)c1. The summed E-state index contributed by atoms with van der Waals surface area (Å²) in [4.78, 5) is 19.9. The predicted octanol–water partition coefficient (Wildman–Crippen LogP) is 4.98. The number of benzene rings is 2. The molecule has 1 saturated heterocycles. The van der Waals surface area contributed by atoms with Crippen molar-refractivity contribution in [3.05, 3.63) is 95.3 Å². The number of hydrogen-bond acceptors (Lipinski definition) is 3. The first-order valence-electron chi connectivity index (χ1n) is 10.6. The molecule has 1 atom stereocenters. The fourth-order valence-electron chi connectivity index (χ4n) is 4.19. The monoisotopic (exact) mass is 400 g/mol. The Morgan fingerprint density at radius 1 is 1.03 bits per heavy atom. The third-order valence-electron chi connectivity index (χ3n) is 5.73. The number of hydrogen-bond donors (Lipinski definition) is 0. The fourth-order valence-corrected chi connectivity index (χ4v) is 4.19. The summed E-state index contributed by atoms with van der Waals surface area (Å²) >= 11 is 0. The van der Waals surface area contributed by atoms with E-state index in [1.807, 2.05) is 41.3 Å². The molecule has 4 rings (SSSR count). The van der Waals surface area contributed by atoms with Crippen LogP contribution in [0.1, 0.15) is 47.8 Å². The minimum Gasteiger partial charge on any atom is -0.497 e. The molecule has 0 saturated carbocycles. The summed E-state index contributed by atoms with van der Waals surface area (Å²) in [5, 5.41) is 0. The lowest BCUT2D eigenvalue weighted by Crippen LogP contribution is -2.31. The van der Waals surface area contributed by atoms with Crippen LogP contribution in [0.25, 0.3) is 0 Å². The summed E-state index contributed by atoms with van der Waals surface area (Å²) in [5.74, 6) is 1.08. The molecule has 0 radical (unpaired) electrons. The number of methoxy groups -OCH3 is 1. The van der Waals surface area contributed by atoms with Crippen LogP contribution in [0.15, 0.2) is 72.8 Å². The lowest BCUT2D eigenvalue weighted by Gasteiger charge is -2.25. The highest BCUT2D eigenvalue weighted by molar-refractivity contribution is 5.77. The van der Waals surface area contributed by atoms with E-state index in [0.29, 0.717) is 6.42 Å². The Morgan fingerprint density at radius 2 is 1.83 bits per heavy atom. The van der Waals surface area contributed by atoms with E-state index in [-0.39, 0.29) is 11.9 Å². The van der Waals surface area contributed by atoms with Gasteiger partial charge in [0, 0.05) is 25.1 Å². The summed E-state index contributed by atoms with van der Waals surface area (Å²) < 4.78 is 5.33. The Labute approximate surface area is 178 Å². The van der Waals surface area contributed by atoms with E-state index in [4.69, 9.17) is 9.72 Å². The third kappa shape index (κ3) is 4.88. The van der Waals surface area contributed by atoms with Crippen molar-refractivity contribution in [3.63, 3.8) is 0 Å². The average Bonchev–Trinajstić information content (AvgIpc) is 3.29. The van der Waals surface area contributed by atoms with Crippen LogP contribution in [0.3, 0.4) is 0 Å². The number of pyridine rings is 1. The van der Waals surface area contributed by atoms with Crippen molar-refractivity contribution < 1.29 is 9.53 Å². The van der Waals surface area contributed by atoms with Gasteiger partial charge in [0.2, 0.25) is 5.91 Å². The van der Waals surface area contributed by atoms with Gasteiger partial charge in [-0.15, -0.1) is 0 Å². The summed E-state index contributed by atoms with van der Waals surface area (Å²) in [5.41, 5.74) is 4.39. The summed E-state index contributed by atoms with van der Waals surface area (Å²) in [7, 11) is 1.68. The second-order valence-electron chi connectivity index (χ2n) is 7.81. The van der Waals surface area contributed by atoms with Gasteiger partial charge in [-0.1, -0.05) is 48.5 Å². The van der Waals surface area contributed by atoms with Crippen molar-refractivity contribution in [1.29, 1.82) is 0 Å². The van der Waals surface area contributed by atoms with Crippen molar-refractivity contribution in [2.75, 3.05) is 13.7 Å². The van der Waals surface area contributed by atoms with Crippen LogP contribution in [0.4, 0.5) is 0 Å². The molecule has 4 nitrogen and oxygen atoms in total. The molecule has 1 aliphatic rings. The third-order valence-corrected chi connectivity index (χ3v) is 5.73. The normalized spacial score (nSPS) is 15.9. The van der Waals surface area contributed by atoms with Gasteiger partial charge in [0.05, 0.1) is 18.8 Å². The highest BCUT2D eigenvalue weighted by Crippen LogP contribution is 2.32. The summed E-state index contributed by atoms with van der Waals surface area (Å²) in [6, 6.07) is 24.6. The molecule has 154 valence electrons. The van der Waals surface area contributed by atoms with Crippen LogP contribution in [0, 0.1) is 0 Å². The quantitative estimate of drug-likeness (QED) is 0.562. The maximum atomic E-state index is 12.9. The van der Waals surface area contributed by atoms with Crippen molar-refractivity contribution in [2.45, 2.75) is 38.1 Å². The Kier molecular flexibility index (Phi) is 6.43. The standard InChI is InChI=1S/C26H28N2O2/c1-30-23-12-5-10-21(19-23)18-22-11-6-13-24(27-22)25-14-7-17-28(25)26(29)16-15-20-8-3-2-4-9-20/h2-6,8-13,19,25H,7,14-18H2,1H3/t25-/m1/s1. The van der Waals surface area contributed by atoms with E-state index in [2.05, 4.69) is 36.4 Å². The molecule has 0 spiro atoms. The highest BCUT2D eigenvalue weighted by atomic mass is 16.5. The molecule has 0 N–H and O–H groups in total. The van der Waals surface area contributed by atoms with Crippen molar-refractivity contribution in [1.82, 2.24) is 9.88 Å². The molecule has 4 heteroatoms. The van der Waals surface area contributed by atoms with Gasteiger partial charge in [0.1, 0.15) is 5.75 Å². The van der Waals surface area contributed by atoms with Crippen molar-refractivity contribution in [3.8, 4) is 5.75 Å². The van der Waals surface area contributed by atoms with E-state index in [1.54, 1.807) is 7.11 Å². The number of aryl methyl sites for hydroxylation is 1. The van der Waals surface area contributed by atoms with Gasteiger partial charge in [-0.05, 0) is 54.7 Å². The van der Waals surface area contributed by atoms with Gasteiger partial charge < -0.3 is 9.64 Å². The van der Waals surface area contributed by atoms with Gasteiger partial charge >= 0.3 is 0 Å². The number of aromatic nitrogens is 1. The van der Waals surface area contributed by atoms with Crippen LogP contribution in [0.2, 0.25) is 0 Å². The first kappa shape index (κ1) is 20.1. The van der Waals surface area contributed by atoms with Gasteiger partial charge in [-0.3, -0.25) is 9.78 Å². The molecule has 0 aliphatic carbocycles. The molecule has 0 bridgehead atoms. The van der Waals surface area contributed by atoms with Gasteiger partial charge in [0.25, 0.3) is 0 Å². The van der Waals surface area contributed by atoms with E-state index >= 15 is 0 Å². The maximum absolute atomic E-state index is 12.9. The van der Waals surface area contributed by atoms with Gasteiger partial charge in [0.15, 0.2) is 0 Å². The Bertz CT molecular complexity index is 987. The average molecular weight is 401 g/mol. The Hall–Kier alpha value is -3.14. The van der Waals surface area contributed by atoms with Crippen molar-refractivity contribution >= 4 is 5.91 Å². The van der Waals surface area contributed by atoms with Crippen molar-refractivity contribution in [2.24, 2.45) is 0 Å². The molecule has 2 aromatic carbocycles. The van der Waals surface area contributed by atoms with Crippen LogP contribution in [0.5, 0.6) is 5.75 Å². The zero-order valence-electron chi connectivity index (χ0n) is 17.5. The molecular weight excluding hydrogens is 372 g/mol. The topological polar surface area (TPSA) is 42.4 Å². The molecule has 1 fully saturated rings. The van der Waals surface area contributed by atoms with Crippen LogP contribution in [-0.2, 0) is 17.6 Å². The van der Waals surface area contributed by atoms with E-state index < -0.39 is 0 Å². The molecular formula is C26H28N2O2. The Balaban J connectivity index is 1.44. The molecule has 1 amide bonds. The zero-order chi connectivity index (χ0) is 20.8. The number of likely N-dealkylation sites (tertiary alicyclic amines) is 1. The smallest absolute Gasteiger partial charge is 0.223 e. The lowest BCUT2D eigenvalue weighted by molar-refractivity contribution is -0.132. The fraction of sp³-hybridized carbons (Fsp3) is 0.308. The van der Waals surface area contributed by atoms with Gasteiger partial charge in [-0.25, -0.2) is 0 Å². The van der Waals surface area contributed by atoms with E-state index in [9.17, 15) is 4.79 Å². The molecule has 1 aromatic heterocycles. The summed E-state index contributed by atoms with van der Waals surface area (Å²) in [6.07, 6.45) is 4.09. The number of nitrogens with zero attached hydrogens (tertiary/aromatic N) is 2. The largest absolute Gasteiger partial charge is 0.497 e. The highest BCUT2D eigenvalue weighted by Gasteiger charge is 2.30. The van der Waals surface area contributed by atoms with Crippen LogP contribution < -0.4 is 4.74 Å². The first-order valence-corrected chi connectivity index (χ1v) is 10.6. The van der Waals surface area contributed by atoms with E-state index in [1.165, 1.54) is 11.1 Å². The number of carbonyl (C=O) groups excluding carboxylic acids is 1. The molecule has 30 heavy (non-hydrogen) atoms. The molecule has 2 heterocycles. The molecule has 0 unspecified atom stereocenters. The minimum atomic E-state index is 0.0820. The number of ether oxygens (including phenoxy) is 1. The minimum absolute atomic E-state index is 0.0820. The second kappa shape index (κ2) is 9.57. The zero-order valence-corrected chi connectivity index (χ0v) is 17.5. The number of amides is 1. The number of carbonyl (C=O) groups is 1. The Morgan fingerprint density at radius 3 is 2.67 bits per heavy atom. The lowest BCUT2D eigenvalue weighted by atomic mass is 10.1. The number of rotatable bonds is 7.